The molecule has 0 spiro atoms. The van der Waals surface area contributed by atoms with Crippen molar-refractivity contribution in [1.82, 2.24) is 20.4 Å². The second-order valence-corrected chi connectivity index (χ2v) is 7.50. The van der Waals surface area contributed by atoms with E-state index in [9.17, 15) is 4.79 Å². The van der Waals surface area contributed by atoms with Gasteiger partial charge in [0.25, 0.3) is 0 Å². The average Bonchev–Trinajstić information content (AvgIpc) is 2.96. The van der Waals surface area contributed by atoms with Crippen LogP contribution < -0.4 is 5.32 Å². The van der Waals surface area contributed by atoms with Gasteiger partial charge in [0.1, 0.15) is 0 Å². The van der Waals surface area contributed by atoms with Crippen LogP contribution in [0.4, 0.5) is 0 Å². The summed E-state index contributed by atoms with van der Waals surface area (Å²) in [4.78, 5) is 19.7. The van der Waals surface area contributed by atoms with E-state index in [2.05, 4.69) is 15.5 Å². The van der Waals surface area contributed by atoms with Crippen LogP contribution in [0.25, 0.3) is 0 Å². The highest BCUT2D eigenvalue weighted by Gasteiger charge is 2.28. The molecule has 0 fully saturated rings. The van der Waals surface area contributed by atoms with Crippen LogP contribution in [0.3, 0.4) is 0 Å². The number of benzene rings is 1. The Morgan fingerprint density at radius 2 is 2.00 bits per heavy atom. The van der Waals surface area contributed by atoms with Crippen molar-refractivity contribution < 1.29 is 9.32 Å². The Hall–Kier alpha value is -1.86. The number of hydrogen-bond acceptors (Lipinski definition) is 6. The van der Waals surface area contributed by atoms with Crippen LogP contribution in [0.2, 0.25) is 0 Å². The molecule has 1 N–H and O–H groups in total. The van der Waals surface area contributed by atoms with Crippen LogP contribution in [0.1, 0.15) is 32.0 Å². The average molecular weight is 348 g/mol. The number of amides is 1. The van der Waals surface area contributed by atoms with E-state index in [4.69, 9.17) is 4.52 Å². The summed E-state index contributed by atoms with van der Waals surface area (Å²) in [6.45, 7) is 4.32. The van der Waals surface area contributed by atoms with Crippen molar-refractivity contribution in [3.05, 3.63) is 42.0 Å². The summed E-state index contributed by atoms with van der Waals surface area (Å²) < 4.78 is 5.22. The number of carbonyl (C=O) groups is 1. The molecule has 0 atom stereocenters. The fourth-order valence-electron chi connectivity index (χ4n) is 2.09. The van der Waals surface area contributed by atoms with Crippen LogP contribution in [0.15, 0.2) is 39.8 Å². The first-order valence-corrected chi connectivity index (χ1v) is 8.82. The standard InChI is InChI=1S/C17H24N4O2S/c1-17(2,16-18-15(23-20-16)12-21(3)4)19-14(22)10-11-24-13-8-6-5-7-9-13/h5-9H,10-12H2,1-4H3,(H,19,22). The molecule has 1 aromatic carbocycles. The van der Waals surface area contributed by atoms with Crippen LogP contribution in [-0.4, -0.2) is 40.8 Å². The number of carbonyl (C=O) groups excluding carboxylic acids is 1. The van der Waals surface area contributed by atoms with Crippen molar-refractivity contribution in [2.24, 2.45) is 0 Å². The van der Waals surface area contributed by atoms with E-state index in [1.54, 1.807) is 11.8 Å². The molecule has 1 aromatic heterocycles. The first kappa shape index (κ1) is 18.5. The fourth-order valence-corrected chi connectivity index (χ4v) is 2.96. The summed E-state index contributed by atoms with van der Waals surface area (Å²) in [7, 11) is 3.86. The number of nitrogens with zero attached hydrogens (tertiary/aromatic N) is 3. The number of hydrogen-bond donors (Lipinski definition) is 1. The Labute approximate surface area is 147 Å². The summed E-state index contributed by atoms with van der Waals surface area (Å²) in [5.74, 6) is 1.73. The van der Waals surface area contributed by atoms with E-state index in [0.29, 0.717) is 24.7 Å². The van der Waals surface area contributed by atoms with Crippen molar-refractivity contribution in [3.8, 4) is 0 Å². The predicted molar refractivity (Wildman–Crippen MR) is 94.6 cm³/mol. The third kappa shape index (κ3) is 5.65. The highest BCUT2D eigenvalue weighted by atomic mass is 32.2. The minimum Gasteiger partial charge on any atom is -0.344 e. The molecule has 7 heteroatoms. The molecule has 1 heterocycles. The predicted octanol–water partition coefficient (Wildman–Crippen LogP) is 2.66. The maximum atomic E-state index is 12.2. The Morgan fingerprint density at radius 3 is 2.67 bits per heavy atom. The summed E-state index contributed by atoms with van der Waals surface area (Å²) >= 11 is 1.67. The van der Waals surface area contributed by atoms with Gasteiger partial charge in [-0.1, -0.05) is 23.4 Å². The molecule has 0 saturated heterocycles. The van der Waals surface area contributed by atoms with Crippen LogP contribution >= 0.6 is 11.8 Å². The van der Waals surface area contributed by atoms with E-state index in [1.807, 2.05) is 63.2 Å². The van der Waals surface area contributed by atoms with Gasteiger partial charge in [-0.15, -0.1) is 11.8 Å². The molecule has 0 unspecified atom stereocenters. The lowest BCUT2D eigenvalue weighted by atomic mass is 10.0. The smallest absolute Gasteiger partial charge is 0.240 e. The maximum Gasteiger partial charge on any atom is 0.240 e. The number of nitrogens with one attached hydrogen (secondary N) is 1. The molecule has 0 bridgehead atoms. The van der Waals surface area contributed by atoms with Crippen molar-refractivity contribution in [2.75, 3.05) is 19.8 Å². The normalized spacial score (nSPS) is 11.7. The highest BCUT2D eigenvalue weighted by Crippen LogP contribution is 2.20. The van der Waals surface area contributed by atoms with Gasteiger partial charge in [-0.2, -0.15) is 4.98 Å². The van der Waals surface area contributed by atoms with Gasteiger partial charge in [-0.05, 0) is 40.1 Å². The van der Waals surface area contributed by atoms with Crippen LogP contribution in [0, 0.1) is 0 Å². The fraction of sp³-hybridized carbons (Fsp3) is 0.471. The lowest BCUT2D eigenvalue weighted by Gasteiger charge is -2.22. The summed E-state index contributed by atoms with van der Waals surface area (Å²) in [5.41, 5.74) is -0.664. The van der Waals surface area contributed by atoms with Gasteiger partial charge >= 0.3 is 0 Å². The Kier molecular flexibility index (Phi) is 6.39. The van der Waals surface area contributed by atoms with Crippen molar-refractivity contribution in [1.29, 1.82) is 0 Å². The number of thioether (sulfide) groups is 1. The monoisotopic (exact) mass is 348 g/mol. The Morgan fingerprint density at radius 1 is 1.29 bits per heavy atom. The van der Waals surface area contributed by atoms with Crippen LogP contribution in [-0.2, 0) is 16.9 Å². The van der Waals surface area contributed by atoms with Gasteiger partial charge in [0.15, 0.2) is 5.82 Å². The quantitative estimate of drug-likeness (QED) is 0.740. The van der Waals surface area contributed by atoms with Gasteiger partial charge in [0.2, 0.25) is 11.8 Å². The summed E-state index contributed by atoms with van der Waals surface area (Å²) in [5, 5.41) is 6.96. The summed E-state index contributed by atoms with van der Waals surface area (Å²) in [6, 6.07) is 10.0. The third-order valence-corrected chi connectivity index (χ3v) is 4.29. The van der Waals surface area contributed by atoms with E-state index >= 15 is 0 Å². The molecule has 6 nitrogen and oxygen atoms in total. The van der Waals surface area contributed by atoms with Crippen LogP contribution in [0.5, 0.6) is 0 Å². The van der Waals surface area contributed by atoms with Gasteiger partial charge in [-0.25, -0.2) is 0 Å². The maximum absolute atomic E-state index is 12.2. The van der Waals surface area contributed by atoms with Crippen molar-refractivity contribution in [2.45, 2.75) is 37.2 Å². The van der Waals surface area contributed by atoms with E-state index in [0.717, 1.165) is 10.6 Å². The lowest BCUT2D eigenvalue weighted by Crippen LogP contribution is -2.42. The molecule has 1 amide bonds. The second-order valence-electron chi connectivity index (χ2n) is 6.33. The van der Waals surface area contributed by atoms with E-state index in [1.165, 1.54) is 0 Å². The molecule has 0 aliphatic rings. The Bertz CT molecular complexity index is 656. The van der Waals surface area contributed by atoms with E-state index in [-0.39, 0.29) is 5.91 Å². The first-order valence-electron chi connectivity index (χ1n) is 7.83. The van der Waals surface area contributed by atoms with Gasteiger partial charge in [0, 0.05) is 17.1 Å². The molecular formula is C17H24N4O2S. The number of rotatable bonds is 8. The van der Waals surface area contributed by atoms with Gasteiger partial charge in [-0.3, -0.25) is 4.79 Å². The molecule has 2 rings (SSSR count). The molecule has 0 saturated carbocycles. The topological polar surface area (TPSA) is 71.3 Å². The molecule has 0 radical (unpaired) electrons. The zero-order valence-corrected chi connectivity index (χ0v) is 15.4. The molecule has 0 aliphatic heterocycles. The molecular weight excluding hydrogens is 324 g/mol. The number of aromatic nitrogens is 2. The third-order valence-electron chi connectivity index (χ3n) is 3.27. The minimum atomic E-state index is -0.664. The first-order chi connectivity index (χ1) is 11.4. The minimum absolute atomic E-state index is 0.0256. The van der Waals surface area contributed by atoms with Gasteiger partial charge < -0.3 is 14.7 Å². The molecule has 24 heavy (non-hydrogen) atoms. The highest BCUT2D eigenvalue weighted by molar-refractivity contribution is 7.99. The lowest BCUT2D eigenvalue weighted by molar-refractivity contribution is -0.122. The molecule has 2 aromatic rings. The molecule has 130 valence electrons. The SMILES string of the molecule is CN(C)Cc1nc(C(C)(C)NC(=O)CCSc2ccccc2)no1. The van der Waals surface area contributed by atoms with Crippen molar-refractivity contribution in [3.63, 3.8) is 0 Å². The second kappa shape index (κ2) is 8.30. The largest absolute Gasteiger partial charge is 0.344 e. The zero-order valence-electron chi connectivity index (χ0n) is 14.6. The zero-order chi connectivity index (χ0) is 17.6. The van der Waals surface area contributed by atoms with Crippen molar-refractivity contribution >= 4 is 17.7 Å². The summed E-state index contributed by atoms with van der Waals surface area (Å²) in [6.07, 6.45) is 0.436. The van der Waals surface area contributed by atoms with E-state index < -0.39 is 5.54 Å². The Balaban J connectivity index is 1.84. The molecule has 0 aliphatic carbocycles. The van der Waals surface area contributed by atoms with Gasteiger partial charge in [0.05, 0.1) is 12.1 Å².